The van der Waals surface area contributed by atoms with Gasteiger partial charge in [0.25, 0.3) is 0 Å². The van der Waals surface area contributed by atoms with Gasteiger partial charge in [-0.2, -0.15) is 0 Å². The van der Waals surface area contributed by atoms with Crippen LogP contribution in [0, 0.1) is 0 Å². The van der Waals surface area contributed by atoms with Gasteiger partial charge in [0.05, 0.1) is 39.6 Å². The van der Waals surface area contributed by atoms with Crippen LogP contribution in [0.25, 0.3) is 0 Å². The summed E-state index contributed by atoms with van der Waals surface area (Å²) in [7, 11) is 0. The predicted octanol–water partition coefficient (Wildman–Crippen LogP) is 0.731. The smallest absolute Gasteiger partial charge is 0.0702 e. The van der Waals surface area contributed by atoms with Crippen molar-refractivity contribution in [1.29, 1.82) is 0 Å². The Balaban J connectivity index is -0.0000000524. The molecule has 0 rings (SSSR count). The van der Waals surface area contributed by atoms with Gasteiger partial charge in [-0.25, -0.2) is 0 Å². The predicted molar refractivity (Wildman–Crippen MR) is 75.5 cm³/mol. The quantitative estimate of drug-likeness (QED) is 0.417. The van der Waals surface area contributed by atoms with Crippen LogP contribution in [-0.4, -0.2) is 60.1 Å². The van der Waals surface area contributed by atoms with E-state index in [0.29, 0.717) is 13.2 Å². The molecule has 0 spiro atoms. The van der Waals surface area contributed by atoms with Gasteiger partial charge in [-0.1, -0.05) is 31.7 Å². The maximum atomic E-state index is 8.22. The van der Waals surface area contributed by atoms with Crippen LogP contribution in [0.4, 0.5) is 0 Å². The summed E-state index contributed by atoms with van der Waals surface area (Å²) in [6.45, 7) is 11.6. The molecular formula is C13H30O5Y. The third kappa shape index (κ3) is 70.2. The summed E-state index contributed by atoms with van der Waals surface area (Å²) in [5.41, 5.74) is 1.79. The average Bonchev–Trinajstić information content (AvgIpc) is 2.30. The zero-order chi connectivity index (χ0) is 14.1. The van der Waals surface area contributed by atoms with E-state index in [1.165, 1.54) is 0 Å². The first kappa shape index (κ1) is 31.7. The molecular weight excluding hydrogens is 325 g/mol. The van der Waals surface area contributed by atoms with Gasteiger partial charge >= 0.3 is 0 Å². The van der Waals surface area contributed by atoms with Crippen molar-refractivity contribution >= 4 is 0 Å². The standard InChI is InChI=1S/C6H12O2.C4H8O.C2H6O2.CH4.Y/c1-6(2)5-8-4-3-7;1-4(2)3-5;3-1-2-4;;/h7H,1,3-5H2,2H3;5H,1,3H2,2H3;3-4H,1-2H2;1H4;. The molecule has 0 aromatic carbocycles. The topological polar surface area (TPSA) is 90.2 Å². The van der Waals surface area contributed by atoms with Gasteiger partial charge in [-0.05, 0) is 13.8 Å². The Morgan fingerprint density at radius 1 is 0.895 bits per heavy atom. The molecule has 0 heterocycles. The molecule has 0 aliphatic heterocycles. The van der Waals surface area contributed by atoms with Gasteiger partial charge in [0, 0.05) is 32.7 Å². The summed E-state index contributed by atoms with van der Waals surface area (Å²) in [6.07, 6.45) is 0. The molecule has 0 saturated heterocycles. The maximum Gasteiger partial charge on any atom is 0.0702 e. The molecule has 0 amide bonds. The van der Waals surface area contributed by atoms with Crippen molar-refractivity contribution in [2.45, 2.75) is 21.3 Å². The van der Waals surface area contributed by atoms with Gasteiger partial charge in [-0.3, -0.25) is 0 Å². The normalized spacial score (nSPS) is 7.47. The first-order valence-corrected chi connectivity index (χ1v) is 5.26. The number of aliphatic hydroxyl groups is 4. The largest absolute Gasteiger partial charge is 0.394 e. The summed E-state index contributed by atoms with van der Waals surface area (Å²) >= 11 is 0. The minimum absolute atomic E-state index is 0. The van der Waals surface area contributed by atoms with Crippen LogP contribution >= 0.6 is 0 Å². The Labute approximate surface area is 142 Å². The summed E-state index contributed by atoms with van der Waals surface area (Å²) in [5, 5.41) is 31.5. The number of rotatable bonds is 6. The molecule has 0 atom stereocenters. The van der Waals surface area contributed by atoms with E-state index >= 15 is 0 Å². The number of hydrogen-bond acceptors (Lipinski definition) is 5. The molecule has 4 N–H and O–H groups in total. The molecule has 0 aromatic rings. The second-order valence-electron chi connectivity index (χ2n) is 3.30. The van der Waals surface area contributed by atoms with Crippen molar-refractivity contribution < 1.29 is 57.9 Å². The van der Waals surface area contributed by atoms with Crippen LogP contribution in [0.3, 0.4) is 0 Å². The molecule has 5 nitrogen and oxygen atoms in total. The fraction of sp³-hybridized carbons (Fsp3) is 0.692. The van der Waals surface area contributed by atoms with Gasteiger partial charge in [0.15, 0.2) is 0 Å². The van der Waals surface area contributed by atoms with Crippen molar-refractivity contribution in [3.63, 3.8) is 0 Å². The zero-order valence-electron chi connectivity index (χ0n) is 11.4. The maximum absolute atomic E-state index is 8.22. The Kier molecular flexibility index (Phi) is 51.7. The molecule has 0 aromatic heterocycles. The van der Waals surface area contributed by atoms with E-state index in [1.54, 1.807) is 6.92 Å². The van der Waals surface area contributed by atoms with Crippen LogP contribution in [-0.2, 0) is 37.4 Å². The molecule has 0 aliphatic carbocycles. The number of aliphatic hydroxyl groups excluding tert-OH is 4. The Bertz CT molecular complexity index is 172. The van der Waals surface area contributed by atoms with Crippen LogP contribution < -0.4 is 0 Å². The molecule has 0 unspecified atom stereocenters. The fourth-order valence-electron chi connectivity index (χ4n) is 0.311. The first-order chi connectivity index (χ1) is 7.95. The SMILES string of the molecule is C.C=C(C)CO.C=C(C)COCCO.OCCO.[Y]. The Morgan fingerprint density at radius 3 is 1.42 bits per heavy atom. The van der Waals surface area contributed by atoms with E-state index in [-0.39, 0.29) is 66.6 Å². The van der Waals surface area contributed by atoms with E-state index in [0.717, 1.165) is 11.1 Å². The van der Waals surface area contributed by atoms with Crippen LogP contribution in [0.15, 0.2) is 24.3 Å². The van der Waals surface area contributed by atoms with Gasteiger partial charge in [-0.15, -0.1) is 0 Å². The molecule has 0 bridgehead atoms. The molecule has 0 saturated carbocycles. The van der Waals surface area contributed by atoms with E-state index in [1.807, 2.05) is 6.92 Å². The van der Waals surface area contributed by atoms with Crippen molar-refractivity contribution in [1.82, 2.24) is 0 Å². The first-order valence-electron chi connectivity index (χ1n) is 5.26. The van der Waals surface area contributed by atoms with Crippen molar-refractivity contribution in [3.05, 3.63) is 24.3 Å². The van der Waals surface area contributed by atoms with Crippen molar-refractivity contribution in [2.75, 3.05) is 39.6 Å². The Morgan fingerprint density at radius 2 is 1.26 bits per heavy atom. The molecule has 6 heteroatoms. The zero-order valence-corrected chi connectivity index (χ0v) is 14.3. The summed E-state index contributed by atoms with van der Waals surface area (Å²) in [5.74, 6) is 0. The summed E-state index contributed by atoms with van der Waals surface area (Å²) < 4.78 is 4.89. The molecule has 0 fully saturated rings. The number of ether oxygens (including phenoxy) is 1. The van der Waals surface area contributed by atoms with E-state index in [2.05, 4.69) is 13.2 Å². The van der Waals surface area contributed by atoms with Crippen molar-refractivity contribution in [3.8, 4) is 0 Å². The van der Waals surface area contributed by atoms with Gasteiger partial charge in [0.1, 0.15) is 0 Å². The van der Waals surface area contributed by atoms with E-state index < -0.39 is 0 Å². The minimum atomic E-state index is -0.125. The van der Waals surface area contributed by atoms with Crippen molar-refractivity contribution in [2.24, 2.45) is 0 Å². The average molecular weight is 355 g/mol. The fourth-order valence-corrected chi connectivity index (χ4v) is 0.311. The van der Waals surface area contributed by atoms with Gasteiger partial charge in [0.2, 0.25) is 0 Å². The molecule has 19 heavy (non-hydrogen) atoms. The van der Waals surface area contributed by atoms with Crippen LogP contribution in [0.5, 0.6) is 0 Å². The van der Waals surface area contributed by atoms with E-state index in [9.17, 15) is 0 Å². The number of hydrogen-bond donors (Lipinski definition) is 4. The minimum Gasteiger partial charge on any atom is -0.394 e. The molecule has 115 valence electrons. The summed E-state index contributed by atoms with van der Waals surface area (Å²) in [4.78, 5) is 0. The second-order valence-corrected chi connectivity index (χ2v) is 3.30. The van der Waals surface area contributed by atoms with E-state index in [4.69, 9.17) is 25.2 Å². The third-order valence-electron chi connectivity index (χ3n) is 0.954. The van der Waals surface area contributed by atoms with Crippen LogP contribution in [0.1, 0.15) is 21.3 Å². The Hall–Kier alpha value is 0.384. The monoisotopic (exact) mass is 355 g/mol. The molecule has 0 aliphatic rings. The summed E-state index contributed by atoms with van der Waals surface area (Å²) in [6, 6.07) is 0. The van der Waals surface area contributed by atoms with Crippen LogP contribution in [0.2, 0.25) is 0 Å². The second kappa shape index (κ2) is 31.0. The van der Waals surface area contributed by atoms with Gasteiger partial charge < -0.3 is 25.2 Å². The third-order valence-corrected chi connectivity index (χ3v) is 0.954. The molecule has 1 radical (unpaired) electrons.